The van der Waals surface area contributed by atoms with Crippen molar-refractivity contribution in [3.05, 3.63) is 62.5 Å². The van der Waals surface area contributed by atoms with Gasteiger partial charge in [-0.25, -0.2) is 4.98 Å². The van der Waals surface area contributed by atoms with E-state index in [1.807, 2.05) is 23.6 Å². The van der Waals surface area contributed by atoms with E-state index in [0.717, 1.165) is 10.8 Å². The number of nitrogens with zero attached hydrogens (tertiary/aromatic N) is 2. The zero-order valence-corrected chi connectivity index (χ0v) is 15.4. The van der Waals surface area contributed by atoms with Crippen molar-refractivity contribution in [3.8, 4) is 5.75 Å². The lowest BCUT2D eigenvalue weighted by Gasteiger charge is -2.24. The highest BCUT2D eigenvalue weighted by Gasteiger charge is 2.20. The van der Waals surface area contributed by atoms with Gasteiger partial charge in [-0.05, 0) is 42.5 Å². The topological polar surface area (TPSA) is 43.6 Å². The number of hydrogen-bond donors (Lipinski definition) is 0. The third kappa shape index (κ3) is 3.58. The molecule has 2 aromatic heterocycles. The van der Waals surface area contributed by atoms with Crippen molar-refractivity contribution in [3.63, 3.8) is 0 Å². The molecule has 0 atom stereocenters. The average molecular weight is 375 g/mol. The van der Waals surface area contributed by atoms with Gasteiger partial charge in [0.05, 0.1) is 5.69 Å². The first-order chi connectivity index (χ1) is 12.2. The van der Waals surface area contributed by atoms with Gasteiger partial charge in [-0.3, -0.25) is 9.20 Å². The normalized spacial score (nSPS) is 15.6. The minimum atomic E-state index is -0.0755. The molecule has 1 saturated carbocycles. The van der Waals surface area contributed by atoms with Crippen LogP contribution in [0.3, 0.4) is 0 Å². The van der Waals surface area contributed by atoms with Crippen molar-refractivity contribution in [2.24, 2.45) is 0 Å². The van der Waals surface area contributed by atoms with Crippen molar-refractivity contribution in [2.75, 3.05) is 0 Å². The molecule has 0 radical (unpaired) electrons. The molecule has 1 aliphatic carbocycles. The third-order valence-corrected chi connectivity index (χ3v) is 5.74. The van der Waals surface area contributed by atoms with Gasteiger partial charge in [-0.15, -0.1) is 11.3 Å². The number of halogens is 1. The number of ether oxygens (including phenoxy) is 1. The summed E-state index contributed by atoms with van der Waals surface area (Å²) >= 11 is 7.66. The lowest BCUT2D eigenvalue weighted by Crippen LogP contribution is -2.14. The minimum absolute atomic E-state index is 0.0755. The van der Waals surface area contributed by atoms with Gasteiger partial charge in [-0.1, -0.05) is 30.9 Å². The Hall–Kier alpha value is -1.85. The Bertz CT molecular complexity index is 944. The van der Waals surface area contributed by atoms with Gasteiger partial charge >= 0.3 is 0 Å². The Morgan fingerprint density at radius 1 is 1.24 bits per heavy atom. The molecule has 1 fully saturated rings. The molecule has 0 spiro atoms. The number of thiazole rings is 1. The molecule has 1 aliphatic rings. The molecule has 6 heteroatoms. The molecule has 0 amide bonds. The largest absolute Gasteiger partial charge is 0.487 e. The molecule has 4 nitrogen and oxygen atoms in total. The monoisotopic (exact) mass is 374 g/mol. The third-order valence-electron chi connectivity index (χ3n) is 4.75. The summed E-state index contributed by atoms with van der Waals surface area (Å²) < 4.78 is 7.59. The lowest BCUT2D eigenvalue weighted by atomic mass is 9.84. The van der Waals surface area contributed by atoms with E-state index in [1.165, 1.54) is 55.1 Å². The number of benzene rings is 1. The van der Waals surface area contributed by atoms with E-state index in [0.29, 0.717) is 16.6 Å². The van der Waals surface area contributed by atoms with Gasteiger partial charge in [0.1, 0.15) is 12.4 Å². The van der Waals surface area contributed by atoms with Crippen LogP contribution < -0.4 is 10.3 Å². The van der Waals surface area contributed by atoms with E-state index in [2.05, 4.69) is 4.98 Å². The van der Waals surface area contributed by atoms with Gasteiger partial charge in [0.15, 0.2) is 4.96 Å². The minimum Gasteiger partial charge on any atom is -0.487 e. The first-order valence-electron chi connectivity index (χ1n) is 8.59. The van der Waals surface area contributed by atoms with Gasteiger partial charge in [0, 0.05) is 22.7 Å². The van der Waals surface area contributed by atoms with Crippen LogP contribution in [0.1, 0.15) is 49.3 Å². The van der Waals surface area contributed by atoms with Crippen LogP contribution in [0.15, 0.2) is 40.6 Å². The van der Waals surface area contributed by atoms with Crippen LogP contribution in [0.2, 0.25) is 5.02 Å². The molecule has 0 saturated heterocycles. The zero-order valence-electron chi connectivity index (χ0n) is 13.8. The van der Waals surface area contributed by atoms with E-state index in [4.69, 9.17) is 16.3 Å². The van der Waals surface area contributed by atoms with Gasteiger partial charge < -0.3 is 4.74 Å². The Labute approximate surface area is 155 Å². The highest BCUT2D eigenvalue weighted by Crippen LogP contribution is 2.38. The highest BCUT2D eigenvalue weighted by molar-refractivity contribution is 7.15. The number of hydrogen-bond acceptors (Lipinski definition) is 4. The van der Waals surface area contributed by atoms with E-state index < -0.39 is 0 Å². The number of rotatable bonds is 4. The first kappa shape index (κ1) is 16.6. The van der Waals surface area contributed by atoms with E-state index >= 15 is 0 Å². The SMILES string of the molecule is O=c1cc(COc2ccc(Cl)cc2C2CCCCC2)nc2sccn12. The number of fused-ring (bicyclic) bond motifs is 1. The smallest absolute Gasteiger partial charge is 0.258 e. The Morgan fingerprint density at radius 2 is 2.08 bits per heavy atom. The molecule has 0 N–H and O–H groups in total. The van der Waals surface area contributed by atoms with Crippen molar-refractivity contribution in [1.82, 2.24) is 9.38 Å². The van der Waals surface area contributed by atoms with E-state index in [9.17, 15) is 4.79 Å². The molecule has 0 unspecified atom stereocenters. The van der Waals surface area contributed by atoms with Crippen LogP contribution >= 0.6 is 22.9 Å². The summed E-state index contributed by atoms with van der Waals surface area (Å²) in [7, 11) is 0. The predicted molar refractivity (Wildman–Crippen MR) is 101 cm³/mol. The summed E-state index contributed by atoms with van der Waals surface area (Å²) in [4.78, 5) is 17.3. The fourth-order valence-corrected chi connectivity index (χ4v) is 4.42. The quantitative estimate of drug-likeness (QED) is 0.642. The molecule has 130 valence electrons. The van der Waals surface area contributed by atoms with Gasteiger partial charge in [0.2, 0.25) is 0 Å². The highest BCUT2D eigenvalue weighted by atomic mass is 35.5. The van der Waals surface area contributed by atoms with Crippen molar-refractivity contribution in [1.29, 1.82) is 0 Å². The second kappa shape index (κ2) is 7.18. The van der Waals surface area contributed by atoms with Crippen LogP contribution in [-0.2, 0) is 6.61 Å². The summed E-state index contributed by atoms with van der Waals surface area (Å²) in [6.07, 6.45) is 7.91. The van der Waals surface area contributed by atoms with E-state index in [1.54, 1.807) is 10.6 Å². The van der Waals surface area contributed by atoms with Crippen LogP contribution in [-0.4, -0.2) is 9.38 Å². The fourth-order valence-electron chi connectivity index (χ4n) is 3.50. The molecule has 2 heterocycles. The Morgan fingerprint density at radius 3 is 2.92 bits per heavy atom. The second-order valence-electron chi connectivity index (χ2n) is 6.45. The maximum Gasteiger partial charge on any atom is 0.258 e. The van der Waals surface area contributed by atoms with Crippen LogP contribution in [0.25, 0.3) is 4.96 Å². The average Bonchev–Trinajstić information content (AvgIpc) is 3.10. The first-order valence-corrected chi connectivity index (χ1v) is 9.84. The Kier molecular flexibility index (Phi) is 4.77. The van der Waals surface area contributed by atoms with Gasteiger partial charge in [0.25, 0.3) is 5.56 Å². The van der Waals surface area contributed by atoms with Crippen LogP contribution in [0.5, 0.6) is 5.75 Å². The molecule has 25 heavy (non-hydrogen) atoms. The van der Waals surface area contributed by atoms with Crippen molar-refractivity contribution in [2.45, 2.75) is 44.6 Å². The van der Waals surface area contributed by atoms with Crippen molar-refractivity contribution >= 4 is 27.9 Å². The van der Waals surface area contributed by atoms with Crippen LogP contribution in [0.4, 0.5) is 0 Å². The summed E-state index contributed by atoms with van der Waals surface area (Å²) in [5, 5.41) is 2.60. The molecule has 0 aliphatic heterocycles. The Balaban J connectivity index is 1.58. The van der Waals surface area contributed by atoms with Crippen molar-refractivity contribution < 1.29 is 4.74 Å². The lowest BCUT2D eigenvalue weighted by molar-refractivity contribution is 0.292. The fraction of sp³-hybridized carbons (Fsp3) is 0.368. The maximum atomic E-state index is 12.1. The molecule has 3 aromatic rings. The molecular formula is C19H19ClN2O2S. The molecule has 1 aromatic carbocycles. The molecule has 0 bridgehead atoms. The molecular weight excluding hydrogens is 356 g/mol. The zero-order chi connectivity index (χ0) is 17.2. The standard InChI is InChI=1S/C19H19ClN2O2S/c20-14-6-7-17(16(10-14)13-4-2-1-3-5-13)24-12-15-11-18(23)22-8-9-25-19(22)21-15/h6-11,13H,1-5,12H2. The molecule has 4 rings (SSSR count). The van der Waals surface area contributed by atoms with Gasteiger partial charge in [-0.2, -0.15) is 0 Å². The summed E-state index contributed by atoms with van der Waals surface area (Å²) in [6, 6.07) is 7.35. The second-order valence-corrected chi connectivity index (χ2v) is 7.76. The maximum absolute atomic E-state index is 12.1. The number of aromatic nitrogens is 2. The van der Waals surface area contributed by atoms with E-state index in [-0.39, 0.29) is 12.2 Å². The summed E-state index contributed by atoms with van der Waals surface area (Å²) in [6.45, 7) is 0.283. The van der Waals surface area contributed by atoms with Crippen LogP contribution in [0, 0.1) is 0 Å². The summed E-state index contributed by atoms with van der Waals surface area (Å²) in [5.41, 5.74) is 1.76. The summed E-state index contributed by atoms with van der Waals surface area (Å²) in [5.74, 6) is 1.35. The predicted octanol–water partition coefficient (Wildman–Crippen LogP) is 5.04.